The van der Waals surface area contributed by atoms with Gasteiger partial charge in [-0.2, -0.15) is 0 Å². The molecular formula is C22H24N2O2S. The topological polar surface area (TPSA) is 49.4 Å². The van der Waals surface area contributed by atoms with Crippen LogP contribution in [0.2, 0.25) is 0 Å². The van der Waals surface area contributed by atoms with E-state index in [0.29, 0.717) is 5.75 Å². The maximum absolute atomic E-state index is 12.5. The Kier molecular flexibility index (Phi) is 5.21. The van der Waals surface area contributed by atoms with E-state index in [9.17, 15) is 9.59 Å². The Morgan fingerprint density at radius 2 is 1.81 bits per heavy atom. The van der Waals surface area contributed by atoms with Crippen LogP contribution in [0.1, 0.15) is 42.7 Å². The van der Waals surface area contributed by atoms with Crippen LogP contribution in [-0.4, -0.2) is 17.6 Å². The molecule has 1 atom stereocenters. The number of rotatable bonds is 5. The van der Waals surface area contributed by atoms with Crippen molar-refractivity contribution in [2.24, 2.45) is 5.92 Å². The van der Waals surface area contributed by atoms with E-state index < -0.39 is 0 Å². The summed E-state index contributed by atoms with van der Waals surface area (Å²) in [5, 5.41) is 2.97. The third-order valence-corrected chi connectivity index (χ3v) is 6.64. The molecule has 4 nitrogen and oxygen atoms in total. The summed E-state index contributed by atoms with van der Waals surface area (Å²) in [5.74, 6) is 0.920. The molecule has 1 aliphatic carbocycles. The third kappa shape index (κ3) is 3.74. The summed E-state index contributed by atoms with van der Waals surface area (Å²) in [4.78, 5) is 26.5. The van der Waals surface area contributed by atoms with Crippen LogP contribution in [-0.2, 0) is 16.0 Å². The lowest BCUT2D eigenvalue weighted by molar-refractivity contribution is -0.122. The minimum absolute atomic E-state index is 0.0265. The van der Waals surface area contributed by atoms with Crippen LogP contribution in [0.25, 0.3) is 0 Å². The van der Waals surface area contributed by atoms with Crippen molar-refractivity contribution in [2.45, 2.75) is 38.0 Å². The minimum atomic E-state index is -0.0265. The third-order valence-electron chi connectivity index (χ3n) is 5.43. The lowest BCUT2D eigenvalue weighted by Gasteiger charge is -2.25. The smallest absolute Gasteiger partial charge is 0.238 e. The predicted octanol–water partition coefficient (Wildman–Crippen LogP) is 4.77. The van der Waals surface area contributed by atoms with E-state index in [4.69, 9.17) is 0 Å². The molecule has 140 valence electrons. The van der Waals surface area contributed by atoms with Gasteiger partial charge < -0.3 is 5.32 Å². The first kappa shape index (κ1) is 18.1. The lowest BCUT2D eigenvalue weighted by atomic mass is 9.85. The standard InChI is InChI=1S/C22H24N2O2S/c1-2-15-6-12-19(13-7-15)24-20(25)14-27-22(24)17-8-10-18(11-9-17)23-21(26)16-4-3-5-16/h6-13,16,22H,2-5,14H2,1H3,(H,23,26)/t22-/m0/s1. The molecule has 1 aliphatic heterocycles. The Labute approximate surface area is 164 Å². The second kappa shape index (κ2) is 7.77. The van der Waals surface area contributed by atoms with Crippen LogP contribution in [0.15, 0.2) is 48.5 Å². The molecule has 0 radical (unpaired) electrons. The lowest BCUT2D eigenvalue weighted by Crippen LogP contribution is -2.28. The fourth-order valence-electron chi connectivity index (χ4n) is 3.49. The first-order chi connectivity index (χ1) is 13.2. The number of anilines is 2. The number of nitrogens with one attached hydrogen (secondary N) is 1. The van der Waals surface area contributed by atoms with Crippen molar-refractivity contribution in [3.05, 3.63) is 59.7 Å². The van der Waals surface area contributed by atoms with Crippen LogP contribution in [0.4, 0.5) is 11.4 Å². The number of hydrogen-bond donors (Lipinski definition) is 1. The fraction of sp³-hybridized carbons (Fsp3) is 0.364. The zero-order chi connectivity index (χ0) is 18.8. The number of carbonyl (C=O) groups excluding carboxylic acids is 2. The summed E-state index contributed by atoms with van der Waals surface area (Å²) in [6, 6.07) is 16.1. The van der Waals surface area contributed by atoms with Gasteiger partial charge in [0.05, 0.1) is 5.75 Å². The van der Waals surface area contributed by atoms with Gasteiger partial charge in [0.1, 0.15) is 5.37 Å². The van der Waals surface area contributed by atoms with Crippen LogP contribution in [0, 0.1) is 5.92 Å². The summed E-state index contributed by atoms with van der Waals surface area (Å²) in [5.41, 5.74) is 4.10. The Hall–Kier alpha value is -2.27. The monoisotopic (exact) mass is 380 g/mol. The summed E-state index contributed by atoms with van der Waals surface area (Å²) in [7, 11) is 0. The molecule has 0 unspecified atom stereocenters. The van der Waals surface area contributed by atoms with Gasteiger partial charge in [-0.1, -0.05) is 37.6 Å². The van der Waals surface area contributed by atoms with E-state index in [0.717, 1.165) is 42.6 Å². The minimum Gasteiger partial charge on any atom is -0.326 e. The zero-order valence-electron chi connectivity index (χ0n) is 15.5. The second-order valence-electron chi connectivity index (χ2n) is 7.19. The molecule has 2 aromatic carbocycles. The SMILES string of the molecule is CCc1ccc(N2C(=O)CS[C@H]2c2ccc(NC(=O)C3CCC3)cc2)cc1. The van der Waals surface area contributed by atoms with Crippen molar-refractivity contribution in [2.75, 3.05) is 16.0 Å². The van der Waals surface area contributed by atoms with E-state index in [2.05, 4.69) is 24.4 Å². The van der Waals surface area contributed by atoms with E-state index in [1.165, 1.54) is 5.56 Å². The molecule has 2 amide bonds. The molecule has 27 heavy (non-hydrogen) atoms. The summed E-state index contributed by atoms with van der Waals surface area (Å²) in [6.45, 7) is 2.12. The molecule has 1 N–H and O–H groups in total. The molecule has 0 bridgehead atoms. The molecule has 0 aromatic heterocycles. The normalized spacial score (nSPS) is 19.8. The number of carbonyl (C=O) groups is 2. The first-order valence-corrected chi connectivity index (χ1v) is 10.6. The van der Waals surface area contributed by atoms with Crippen molar-refractivity contribution in [3.8, 4) is 0 Å². The van der Waals surface area contributed by atoms with Crippen LogP contribution < -0.4 is 10.2 Å². The number of hydrogen-bond acceptors (Lipinski definition) is 3. The van der Waals surface area contributed by atoms with Crippen molar-refractivity contribution in [1.82, 2.24) is 0 Å². The number of amides is 2. The predicted molar refractivity (Wildman–Crippen MR) is 111 cm³/mol. The average Bonchev–Trinajstić information content (AvgIpc) is 3.02. The Morgan fingerprint density at radius 3 is 2.41 bits per heavy atom. The average molecular weight is 381 g/mol. The van der Waals surface area contributed by atoms with Gasteiger partial charge in [-0.3, -0.25) is 14.5 Å². The molecule has 2 aliphatic rings. The van der Waals surface area contributed by atoms with Gasteiger partial charge in [-0.05, 0) is 54.7 Å². The Morgan fingerprint density at radius 1 is 1.11 bits per heavy atom. The number of nitrogens with zero attached hydrogens (tertiary/aromatic N) is 1. The maximum Gasteiger partial charge on any atom is 0.238 e. The molecule has 2 aromatic rings. The van der Waals surface area contributed by atoms with Gasteiger partial charge >= 0.3 is 0 Å². The Balaban J connectivity index is 1.50. The highest BCUT2D eigenvalue weighted by molar-refractivity contribution is 8.00. The van der Waals surface area contributed by atoms with Gasteiger partial charge in [-0.25, -0.2) is 0 Å². The number of aryl methyl sites for hydroxylation is 1. The molecule has 5 heteroatoms. The fourth-order valence-corrected chi connectivity index (χ4v) is 4.67. The van der Waals surface area contributed by atoms with Crippen molar-refractivity contribution in [1.29, 1.82) is 0 Å². The Bertz CT molecular complexity index is 828. The van der Waals surface area contributed by atoms with Crippen LogP contribution in [0.5, 0.6) is 0 Å². The van der Waals surface area contributed by atoms with Gasteiger partial charge in [0.25, 0.3) is 0 Å². The zero-order valence-corrected chi connectivity index (χ0v) is 16.3. The quantitative estimate of drug-likeness (QED) is 0.813. The summed E-state index contributed by atoms with van der Waals surface area (Å²) >= 11 is 1.64. The second-order valence-corrected chi connectivity index (χ2v) is 8.25. The molecule has 1 heterocycles. The van der Waals surface area contributed by atoms with Crippen LogP contribution in [0.3, 0.4) is 0 Å². The highest BCUT2D eigenvalue weighted by Crippen LogP contribution is 2.42. The van der Waals surface area contributed by atoms with Gasteiger partial charge in [0.2, 0.25) is 11.8 Å². The van der Waals surface area contributed by atoms with E-state index in [-0.39, 0.29) is 23.1 Å². The molecule has 1 saturated carbocycles. The number of thioether (sulfide) groups is 1. The van der Waals surface area contributed by atoms with E-state index in [1.54, 1.807) is 11.8 Å². The van der Waals surface area contributed by atoms with Crippen molar-refractivity contribution in [3.63, 3.8) is 0 Å². The van der Waals surface area contributed by atoms with E-state index >= 15 is 0 Å². The maximum atomic E-state index is 12.5. The van der Waals surface area contributed by atoms with Gasteiger partial charge in [0.15, 0.2) is 0 Å². The highest BCUT2D eigenvalue weighted by Gasteiger charge is 2.34. The van der Waals surface area contributed by atoms with Gasteiger partial charge in [0, 0.05) is 17.3 Å². The molecule has 1 saturated heterocycles. The summed E-state index contributed by atoms with van der Waals surface area (Å²) in [6.07, 6.45) is 4.13. The molecule has 2 fully saturated rings. The highest BCUT2D eigenvalue weighted by atomic mass is 32.2. The first-order valence-electron chi connectivity index (χ1n) is 9.59. The van der Waals surface area contributed by atoms with Gasteiger partial charge in [-0.15, -0.1) is 11.8 Å². The summed E-state index contributed by atoms with van der Waals surface area (Å²) < 4.78 is 0. The van der Waals surface area contributed by atoms with Crippen molar-refractivity contribution < 1.29 is 9.59 Å². The molecular weight excluding hydrogens is 356 g/mol. The van der Waals surface area contributed by atoms with E-state index in [1.807, 2.05) is 41.3 Å². The largest absolute Gasteiger partial charge is 0.326 e. The van der Waals surface area contributed by atoms with Crippen LogP contribution >= 0.6 is 11.8 Å². The number of benzene rings is 2. The molecule has 4 rings (SSSR count). The van der Waals surface area contributed by atoms with Crippen molar-refractivity contribution >= 4 is 35.0 Å². The molecule has 0 spiro atoms.